The molecule has 1 amide bonds. The Labute approximate surface area is 121 Å². The predicted octanol–water partition coefficient (Wildman–Crippen LogP) is 3.51. The van der Waals surface area contributed by atoms with Crippen LogP contribution in [0.25, 0.3) is 0 Å². The van der Waals surface area contributed by atoms with Gasteiger partial charge in [-0.25, -0.2) is 0 Å². The maximum absolute atomic E-state index is 12.2. The maximum Gasteiger partial charge on any atom is 0.379 e. The van der Waals surface area contributed by atoms with E-state index in [1.165, 1.54) is 0 Å². The first-order valence-corrected chi connectivity index (χ1v) is 7.38. The second-order valence-corrected chi connectivity index (χ2v) is 6.41. The summed E-state index contributed by atoms with van der Waals surface area (Å²) >= 11 is 11.2. The van der Waals surface area contributed by atoms with Gasteiger partial charge in [-0.15, -0.1) is 0 Å². The fourth-order valence-electron chi connectivity index (χ4n) is 1.25. The smallest absolute Gasteiger partial charge is 0.313 e. The normalized spacial score (nSPS) is 10.9. The van der Waals surface area contributed by atoms with E-state index in [1.54, 1.807) is 30.3 Å². The van der Waals surface area contributed by atoms with Crippen LogP contribution in [0.3, 0.4) is 0 Å². The molecular formula is C11H12Cl2NO4P. The molecule has 104 valence electrons. The lowest BCUT2D eigenvalue weighted by atomic mass is 10.2. The van der Waals surface area contributed by atoms with E-state index in [2.05, 4.69) is 5.32 Å². The van der Waals surface area contributed by atoms with E-state index in [1.807, 2.05) is 0 Å². The summed E-state index contributed by atoms with van der Waals surface area (Å²) in [7, 11) is -1.41. The molecule has 0 aromatic heterocycles. The number of rotatable bonds is 5. The molecule has 0 unspecified atom stereocenters. The molecule has 8 heteroatoms. The molecule has 0 radical (unpaired) electrons. The number of hydrogen-bond donors (Lipinski definition) is 1. The van der Waals surface area contributed by atoms with Crippen LogP contribution in [0.4, 0.5) is 0 Å². The maximum atomic E-state index is 12.2. The lowest BCUT2D eigenvalue weighted by Crippen LogP contribution is -2.24. The summed E-state index contributed by atoms with van der Waals surface area (Å²) < 4.78 is 21.3. The number of carbonyl (C=O) groups is 1. The summed E-state index contributed by atoms with van der Waals surface area (Å²) in [5.41, 5.74) is 0.0584. The van der Waals surface area contributed by atoms with Crippen molar-refractivity contribution >= 4 is 36.7 Å². The van der Waals surface area contributed by atoms with Crippen molar-refractivity contribution < 1.29 is 18.4 Å². The van der Waals surface area contributed by atoms with Gasteiger partial charge in [-0.1, -0.05) is 41.4 Å². The van der Waals surface area contributed by atoms with Crippen LogP contribution >= 0.6 is 30.8 Å². The van der Waals surface area contributed by atoms with Crippen LogP contribution in [0.5, 0.6) is 0 Å². The molecule has 1 rings (SSSR count). The molecule has 0 aliphatic carbocycles. The SMILES string of the molecule is COP(=O)(OC)C(NC(=O)c1ccccc1)=C(Cl)Cl. The third-order valence-corrected chi connectivity index (χ3v) is 4.69. The average molecular weight is 324 g/mol. The summed E-state index contributed by atoms with van der Waals surface area (Å²) in [4.78, 5) is 11.9. The lowest BCUT2D eigenvalue weighted by Gasteiger charge is -2.18. The van der Waals surface area contributed by atoms with E-state index in [-0.39, 0.29) is 5.44 Å². The van der Waals surface area contributed by atoms with E-state index in [0.29, 0.717) is 5.56 Å². The molecule has 0 saturated carbocycles. The van der Waals surface area contributed by atoms with Crippen LogP contribution in [-0.4, -0.2) is 20.1 Å². The van der Waals surface area contributed by atoms with Crippen molar-refractivity contribution in [2.24, 2.45) is 0 Å². The molecule has 0 aliphatic rings. The van der Waals surface area contributed by atoms with Gasteiger partial charge >= 0.3 is 7.60 Å². The van der Waals surface area contributed by atoms with Gasteiger partial charge < -0.3 is 14.4 Å². The monoisotopic (exact) mass is 323 g/mol. The van der Waals surface area contributed by atoms with Gasteiger partial charge in [0.1, 0.15) is 4.49 Å². The molecule has 0 saturated heterocycles. The van der Waals surface area contributed by atoms with Crippen LogP contribution in [-0.2, 0) is 13.6 Å². The first kappa shape index (κ1) is 16.2. The highest BCUT2D eigenvalue weighted by Crippen LogP contribution is 2.55. The van der Waals surface area contributed by atoms with Crippen molar-refractivity contribution in [1.29, 1.82) is 0 Å². The van der Waals surface area contributed by atoms with Crippen LogP contribution in [0.2, 0.25) is 0 Å². The number of halogens is 2. The Morgan fingerprint density at radius 3 is 2.11 bits per heavy atom. The van der Waals surface area contributed by atoms with Gasteiger partial charge in [0.15, 0.2) is 5.44 Å². The summed E-state index contributed by atoms with van der Waals surface area (Å²) in [5, 5.41) is 2.34. The van der Waals surface area contributed by atoms with Crippen LogP contribution in [0.15, 0.2) is 40.3 Å². The third-order valence-electron chi connectivity index (χ3n) is 2.20. The number of amides is 1. The molecule has 0 heterocycles. The Morgan fingerprint density at radius 1 is 1.16 bits per heavy atom. The van der Waals surface area contributed by atoms with Gasteiger partial charge in [0.25, 0.3) is 5.91 Å². The third kappa shape index (κ3) is 4.06. The molecule has 5 nitrogen and oxygen atoms in total. The van der Waals surface area contributed by atoms with Crippen molar-refractivity contribution in [3.8, 4) is 0 Å². The Kier molecular flexibility index (Phi) is 6.04. The zero-order valence-corrected chi connectivity index (χ0v) is 12.6. The minimum Gasteiger partial charge on any atom is -0.313 e. The van der Waals surface area contributed by atoms with E-state index in [0.717, 1.165) is 14.2 Å². The zero-order chi connectivity index (χ0) is 14.5. The minimum absolute atomic E-state index is 0.297. The van der Waals surface area contributed by atoms with Gasteiger partial charge in [-0.2, -0.15) is 0 Å². The van der Waals surface area contributed by atoms with Crippen molar-refractivity contribution in [3.63, 3.8) is 0 Å². The van der Waals surface area contributed by atoms with Gasteiger partial charge in [-0.05, 0) is 12.1 Å². The molecule has 0 bridgehead atoms. The number of hydrogen-bond acceptors (Lipinski definition) is 4. The summed E-state index contributed by atoms with van der Waals surface area (Å²) in [6.07, 6.45) is 0. The highest BCUT2D eigenvalue weighted by Gasteiger charge is 2.32. The molecule has 1 aromatic carbocycles. The lowest BCUT2D eigenvalue weighted by molar-refractivity contribution is 0.0965. The zero-order valence-electron chi connectivity index (χ0n) is 10.2. The molecular weight excluding hydrogens is 312 g/mol. The molecule has 1 aromatic rings. The highest BCUT2D eigenvalue weighted by molar-refractivity contribution is 7.58. The van der Waals surface area contributed by atoms with Gasteiger partial charge in [0, 0.05) is 19.8 Å². The summed E-state index contributed by atoms with van der Waals surface area (Å²) in [6.45, 7) is 0. The first-order chi connectivity index (χ1) is 8.94. The first-order valence-electron chi connectivity index (χ1n) is 5.08. The Balaban J connectivity index is 3.04. The Morgan fingerprint density at radius 2 is 1.68 bits per heavy atom. The Bertz CT molecular complexity index is 521. The van der Waals surface area contributed by atoms with Crippen LogP contribution in [0.1, 0.15) is 10.4 Å². The van der Waals surface area contributed by atoms with Crippen molar-refractivity contribution in [2.45, 2.75) is 0 Å². The van der Waals surface area contributed by atoms with Crippen LogP contribution < -0.4 is 5.32 Å². The van der Waals surface area contributed by atoms with Gasteiger partial charge in [0.05, 0.1) is 0 Å². The topological polar surface area (TPSA) is 64.6 Å². The van der Waals surface area contributed by atoms with Gasteiger partial charge in [-0.3, -0.25) is 9.36 Å². The fraction of sp³-hybridized carbons (Fsp3) is 0.182. The average Bonchev–Trinajstić information content (AvgIpc) is 2.44. The van der Waals surface area contributed by atoms with Crippen molar-refractivity contribution in [1.82, 2.24) is 5.32 Å². The van der Waals surface area contributed by atoms with Gasteiger partial charge in [0.2, 0.25) is 0 Å². The van der Waals surface area contributed by atoms with E-state index in [9.17, 15) is 9.36 Å². The van der Waals surface area contributed by atoms with Crippen molar-refractivity contribution in [2.75, 3.05) is 14.2 Å². The fourth-order valence-corrected chi connectivity index (χ4v) is 2.92. The molecule has 19 heavy (non-hydrogen) atoms. The molecule has 0 spiro atoms. The van der Waals surface area contributed by atoms with Crippen LogP contribution in [0, 0.1) is 0 Å². The summed E-state index contributed by atoms with van der Waals surface area (Å²) in [6, 6.07) is 8.30. The molecule has 0 fully saturated rings. The molecule has 0 atom stereocenters. The predicted molar refractivity (Wildman–Crippen MR) is 74.3 cm³/mol. The van der Waals surface area contributed by atoms with E-state index >= 15 is 0 Å². The van der Waals surface area contributed by atoms with E-state index < -0.39 is 18.0 Å². The standard InChI is InChI=1S/C11H12Cl2NO4P/c1-17-19(16,18-2)11(9(12)13)14-10(15)8-6-4-3-5-7-8/h3-7H,1-2H3,(H,14,15). The highest BCUT2D eigenvalue weighted by atomic mass is 35.5. The number of benzene rings is 1. The largest absolute Gasteiger partial charge is 0.379 e. The number of carbonyl (C=O) groups excluding carboxylic acids is 1. The minimum atomic E-state index is -3.74. The summed E-state index contributed by atoms with van der Waals surface area (Å²) in [5.74, 6) is -0.524. The number of nitrogens with one attached hydrogen (secondary N) is 1. The second kappa shape index (κ2) is 7.08. The molecule has 1 N–H and O–H groups in total. The van der Waals surface area contributed by atoms with Crippen molar-refractivity contribution in [3.05, 3.63) is 45.8 Å². The quantitative estimate of drug-likeness (QED) is 0.842. The Hall–Kier alpha value is -0.840. The second-order valence-electron chi connectivity index (χ2n) is 3.29. The van der Waals surface area contributed by atoms with E-state index in [4.69, 9.17) is 32.2 Å². The molecule has 0 aliphatic heterocycles.